The van der Waals surface area contributed by atoms with Crippen molar-refractivity contribution in [3.63, 3.8) is 0 Å². The van der Waals surface area contributed by atoms with Crippen LogP contribution in [0, 0.1) is 0 Å². The van der Waals surface area contributed by atoms with Crippen LogP contribution in [0.5, 0.6) is 0 Å². The minimum atomic E-state index is 1.14. The summed E-state index contributed by atoms with van der Waals surface area (Å²) in [5.41, 5.74) is 21.1. The Bertz CT molecular complexity index is 3740. The van der Waals surface area contributed by atoms with Crippen LogP contribution in [0.4, 0.5) is 0 Å². The van der Waals surface area contributed by atoms with Crippen LogP contribution >= 0.6 is 0 Å². The van der Waals surface area contributed by atoms with Crippen LogP contribution in [-0.2, 0) is 0 Å². The summed E-state index contributed by atoms with van der Waals surface area (Å²) in [6.07, 6.45) is 7.46. The number of benzene rings is 9. The molecule has 318 valence electrons. The van der Waals surface area contributed by atoms with Crippen LogP contribution in [0.3, 0.4) is 0 Å². The lowest BCUT2D eigenvalue weighted by atomic mass is 9.93. The average molecular weight is 867 g/mol. The third-order valence-corrected chi connectivity index (χ3v) is 13.5. The molecule has 13 aromatic rings. The summed E-state index contributed by atoms with van der Waals surface area (Å²) in [4.78, 5) is 8.58. The van der Waals surface area contributed by atoms with Gasteiger partial charge in [0.15, 0.2) is 0 Å². The van der Waals surface area contributed by atoms with Crippen molar-refractivity contribution in [2.75, 3.05) is 0 Å². The molecule has 0 atom stereocenters. The number of fused-ring (bicyclic) bond motifs is 6. The van der Waals surface area contributed by atoms with Crippen molar-refractivity contribution in [1.82, 2.24) is 19.1 Å². The fourth-order valence-corrected chi connectivity index (χ4v) is 10.4. The topological polar surface area (TPSA) is 35.6 Å². The molecule has 4 heteroatoms. The lowest BCUT2D eigenvalue weighted by Crippen LogP contribution is -1.93. The zero-order chi connectivity index (χ0) is 45.0. The van der Waals surface area contributed by atoms with Gasteiger partial charge in [-0.1, -0.05) is 127 Å². The Hall–Kier alpha value is -9.12. The van der Waals surface area contributed by atoms with E-state index in [0.29, 0.717) is 0 Å². The van der Waals surface area contributed by atoms with Crippen LogP contribution in [0.25, 0.3) is 122 Å². The molecular weight excluding hydrogens is 825 g/mol. The number of aromatic nitrogens is 4. The summed E-state index contributed by atoms with van der Waals surface area (Å²) in [6.45, 7) is 0. The second-order valence-electron chi connectivity index (χ2n) is 17.4. The molecule has 13 rings (SSSR count). The molecule has 0 fully saturated rings. The van der Waals surface area contributed by atoms with Gasteiger partial charge in [0.2, 0.25) is 0 Å². The smallest absolute Gasteiger partial charge is 0.0541 e. The van der Waals surface area contributed by atoms with Crippen LogP contribution in [-0.4, -0.2) is 19.1 Å². The van der Waals surface area contributed by atoms with E-state index in [4.69, 9.17) is 0 Å². The molecule has 0 unspecified atom stereocenters. The maximum Gasteiger partial charge on any atom is 0.0541 e. The third kappa shape index (κ3) is 6.69. The summed E-state index contributed by atoms with van der Waals surface area (Å²) in [5.74, 6) is 0. The van der Waals surface area contributed by atoms with Gasteiger partial charge in [-0.15, -0.1) is 0 Å². The number of nitrogens with zero attached hydrogens (tertiary/aromatic N) is 4. The third-order valence-electron chi connectivity index (χ3n) is 13.5. The molecule has 0 saturated carbocycles. The normalized spacial score (nSPS) is 11.5. The maximum atomic E-state index is 4.29. The van der Waals surface area contributed by atoms with Gasteiger partial charge in [-0.05, 0) is 170 Å². The standard InChI is InChI=1S/C64H42N4/c1-3-14-51(15-4-1)67-61-26-22-47(39-57(61)59-41-49(24-28-63(59)67)55-20-9-7-18-53(55)43-30-34-65-35-31-43)45-12-11-13-46(38-45)48-23-27-62-58(40-48)60-42-50(25-29-64(60)68(62)52-16-5-2-6-17-52)56-21-10-8-19-54(56)44-32-36-66-37-33-44/h1-42H. The minimum absolute atomic E-state index is 1.14. The lowest BCUT2D eigenvalue weighted by Gasteiger charge is -2.11. The highest BCUT2D eigenvalue weighted by Crippen LogP contribution is 2.42. The van der Waals surface area contributed by atoms with Gasteiger partial charge in [-0.2, -0.15) is 0 Å². The van der Waals surface area contributed by atoms with E-state index in [0.717, 1.165) is 22.5 Å². The number of hydrogen-bond acceptors (Lipinski definition) is 2. The molecule has 4 heterocycles. The molecule has 0 spiro atoms. The summed E-state index contributed by atoms with van der Waals surface area (Å²) in [5, 5.41) is 4.86. The van der Waals surface area contributed by atoms with Crippen molar-refractivity contribution in [2.45, 2.75) is 0 Å². The largest absolute Gasteiger partial charge is 0.309 e. The second kappa shape index (κ2) is 16.4. The van der Waals surface area contributed by atoms with Gasteiger partial charge in [0.05, 0.1) is 22.1 Å². The summed E-state index contributed by atoms with van der Waals surface area (Å²) >= 11 is 0. The van der Waals surface area contributed by atoms with Gasteiger partial charge < -0.3 is 9.13 Å². The molecule has 0 amide bonds. The maximum absolute atomic E-state index is 4.29. The van der Waals surface area contributed by atoms with Crippen molar-refractivity contribution < 1.29 is 0 Å². The van der Waals surface area contributed by atoms with Crippen molar-refractivity contribution >= 4 is 43.6 Å². The zero-order valence-corrected chi connectivity index (χ0v) is 37.0. The fourth-order valence-electron chi connectivity index (χ4n) is 10.4. The molecule has 0 saturated heterocycles. The van der Waals surface area contributed by atoms with Crippen LogP contribution in [0.2, 0.25) is 0 Å². The number of hydrogen-bond donors (Lipinski definition) is 0. The SMILES string of the molecule is c1ccc(-n2c3ccc(-c4cccc(-c5ccc6c(c5)c5cc(-c7ccccc7-c7ccncc7)ccc5n6-c5ccccc5)c4)cc3c3cc(-c4ccccc4-c4ccncc4)ccc32)cc1. The molecule has 0 aliphatic heterocycles. The van der Waals surface area contributed by atoms with Gasteiger partial charge in [-0.3, -0.25) is 9.97 Å². The quantitative estimate of drug-likeness (QED) is 0.153. The van der Waals surface area contributed by atoms with Gasteiger partial charge in [0.1, 0.15) is 0 Å². The Labute approximate surface area is 394 Å². The van der Waals surface area contributed by atoms with Crippen molar-refractivity contribution in [3.05, 3.63) is 255 Å². The first-order valence-corrected chi connectivity index (χ1v) is 23.1. The van der Waals surface area contributed by atoms with Crippen LogP contribution < -0.4 is 0 Å². The predicted molar refractivity (Wildman–Crippen MR) is 283 cm³/mol. The molecule has 0 aliphatic rings. The fraction of sp³-hybridized carbons (Fsp3) is 0. The average Bonchev–Trinajstić information content (AvgIpc) is 3.93. The van der Waals surface area contributed by atoms with E-state index in [1.54, 1.807) is 0 Å². The highest BCUT2D eigenvalue weighted by molar-refractivity contribution is 6.13. The summed E-state index contributed by atoms with van der Waals surface area (Å²) in [6, 6.07) is 83.9. The monoisotopic (exact) mass is 866 g/mol. The van der Waals surface area contributed by atoms with E-state index in [9.17, 15) is 0 Å². The first-order valence-electron chi connectivity index (χ1n) is 23.1. The Kier molecular flexibility index (Phi) is 9.47. The summed E-state index contributed by atoms with van der Waals surface area (Å²) in [7, 11) is 0. The molecule has 68 heavy (non-hydrogen) atoms. The molecule has 4 aromatic heterocycles. The lowest BCUT2D eigenvalue weighted by molar-refractivity contribution is 1.18. The second-order valence-corrected chi connectivity index (χ2v) is 17.4. The highest BCUT2D eigenvalue weighted by Gasteiger charge is 2.19. The van der Waals surface area contributed by atoms with Crippen molar-refractivity contribution in [1.29, 1.82) is 0 Å². The Morgan fingerprint density at radius 1 is 0.221 bits per heavy atom. The first kappa shape index (κ1) is 39.3. The van der Waals surface area contributed by atoms with E-state index in [2.05, 4.69) is 250 Å². The molecule has 0 aliphatic carbocycles. The van der Waals surface area contributed by atoms with Gasteiger partial charge in [-0.25, -0.2) is 0 Å². The van der Waals surface area contributed by atoms with E-state index in [1.165, 1.54) is 99.2 Å². The Morgan fingerprint density at radius 2 is 0.529 bits per heavy atom. The number of para-hydroxylation sites is 2. The Morgan fingerprint density at radius 3 is 0.912 bits per heavy atom. The predicted octanol–water partition coefficient (Wildman–Crippen LogP) is 16.7. The number of rotatable bonds is 8. The van der Waals surface area contributed by atoms with E-state index >= 15 is 0 Å². The minimum Gasteiger partial charge on any atom is -0.309 e. The van der Waals surface area contributed by atoms with E-state index in [1.807, 2.05) is 24.8 Å². The Balaban J connectivity index is 0.950. The van der Waals surface area contributed by atoms with Gasteiger partial charge >= 0.3 is 0 Å². The zero-order valence-electron chi connectivity index (χ0n) is 37.0. The van der Waals surface area contributed by atoms with Crippen molar-refractivity contribution in [2.24, 2.45) is 0 Å². The van der Waals surface area contributed by atoms with Crippen LogP contribution in [0.1, 0.15) is 0 Å². The molecular formula is C64H42N4. The molecule has 9 aromatic carbocycles. The highest BCUT2D eigenvalue weighted by atomic mass is 15.0. The number of pyridine rings is 2. The molecule has 0 bridgehead atoms. The van der Waals surface area contributed by atoms with E-state index in [-0.39, 0.29) is 0 Å². The van der Waals surface area contributed by atoms with Crippen LogP contribution in [0.15, 0.2) is 255 Å². The van der Waals surface area contributed by atoms with E-state index < -0.39 is 0 Å². The molecule has 0 N–H and O–H groups in total. The van der Waals surface area contributed by atoms with Crippen molar-refractivity contribution in [3.8, 4) is 78.1 Å². The molecule has 4 nitrogen and oxygen atoms in total. The van der Waals surface area contributed by atoms with Gasteiger partial charge in [0.25, 0.3) is 0 Å². The van der Waals surface area contributed by atoms with Gasteiger partial charge in [0, 0.05) is 57.7 Å². The summed E-state index contributed by atoms with van der Waals surface area (Å²) < 4.78 is 4.79. The molecule has 0 radical (unpaired) electrons. The first-order chi connectivity index (χ1) is 33.7.